The lowest BCUT2D eigenvalue weighted by Gasteiger charge is -2.35. The van der Waals surface area contributed by atoms with Crippen LogP contribution in [0.25, 0.3) is 0 Å². The van der Waals surface area contributed by atoms with Crippen LogP contribution in [-0.2, 0) is 0 Å². The monoisotopic (exact) mass is 432 g/mol. The second kappa shape index (κ2) is 8.64. The van der Waals surface area contributed by atoms with Crippen molar-refractivity contribution in [3.63, 3.8) is 0 Å². The molecule has 0 aromatic heterocycles. The van der Waals surface area contributed by atoms with Gasteiger partial charge >= 0.3 is 0 Å². The minimum Gasteiger partial charge on any atom is -0.490 e. The van der Waals surface area contributed by atoms with Crippen molar-refractivity contribution in [2.24, 2.45) is 0 Å². The second-order valence-corrected chi connectivity index (χ2v) is 8.14. The molecule has 0 unspecified atom stereocenters. The first-order valence-electron chi connectivity index (χ1n) is 9.83. The number of benzene rings is 2. The first-order valence-corrected chi connectivity index (χ1v) is 10.6. The van der Waals surface area contributed by atoms with E-state index in [1.165, 1.54) is 6.42 Å². The third-order valence-corrected chi connectivity index (χ3v) is 6.32. The highest BCUT2D eigenvalue weighted by Gasteiger charge is 2.29. The maximum atomic E-state index is 13.1. The normalized spacial score (nSPS) is 17.0. The Morgan fingerprint density at radius 2 is 1.41 bits per heavy atom. The van der Waals surface area contributed by atoms with Crippen molar-refractivity contribution in [2.75, 3.05) is 26.2 Å². The number of amides is 2. The molecule has 0 bridgehead atoms. The van der Waals surface area contributed by atoms with Crippen molar-refractivity contribution in [3.8, 4) is 5.75 Å². The van der Waals surface area contributed by atoms with Crippen LogP contribution in [0.2, 0.25) is 10.0 Å². The molecule has 0 radical (unpaired) electrons. The number of piperazine rings is 1. The van der Waals surface area contributed by atoms with Gasteiger partial charge in [-0.3, -0.25) is 9.59 Å². The summed E-state index contributed by atoms with van der Waals surface area (Å²) in [6.07, 6.45) is 3.46. The van der Waals surface area contributed by atoms with Gasteiger partial charge in [0.1, 0.15) is 5.75 Å². The highest BCUT2D eigenvalue weighted by molar-refractivity contribution is 6.43. The van der Waals surface area contributed by atoms with E-state index in [4.69, 9.17) is 27.9 Å². The highest BCUT2D eigenvalue weighted by atomic mass is 35.5. The van der Waals surface area contributed by atoms with Gasteiger partial charge in [0.2, 0.25) is 0 Å². The summed E-state index contributed by atoms with van der Waals surface area (Å²) in [5.74, 6) is 0.414. The first kappa shape index (κ1) is 20.0. The molecule has 4 rings (SSSR count). The summed E-state index contributed by atoms with van der Waals surface area (Å²) in [4.78, 5) is 29.3. The minimum atomic E-state index is -0.168. The number of halogens is 2. The Hall–Kier alpha value is -2.24. The molecular weight excluding hydrogens is 411 g/mol. The zero-order valence-electron chi connectivity index (χ0n) is 15.9. The summed E-state index contributed by atoms with van der Waals surface area (Å²) in [5, 5.41) is 0.620. The SMILES string of the molecule is O=C(c1ccccc1OC1CCC1)N1CCN(C(=O)c2cccc(Cl)c2Cl)CC1. The summed E-state index contributed by atoms with van der Waals surface area (Å²) in [6.45, 7) is 1.80. The van der Waals surface area contributed by atoms with Crippen LogP contribution in [0.5, 0.6) is 5.75 Å². The lowest BCUT2D eigenvalue weighted by Crippen LogP contribution is -2.50. The zero-order valence-corrected chi connectivity index (χ0v) is 17.5. The standard InChI is InChI=1S/C22H22Cl2N2O3/c23-18-9-4-8-17(20(18)24)22(28)26-13-11-25(12-14-26)21(27)16-7-1-2-10-19(16)29-15-5-3-6-15/h1-2,4,7-10,15H,3,5-6,11-14H2. The lowest BCUT2D eigenvalue weighted by atomic mass is 9.96. The van der Waals surface area contributed by atoms with Gasteiger partial charge in [-0.1, -0.05) is 41.4 Å². The largest absolute Gasteiger partial charge is 0.490 e. The molecule has 2 aromatic carbocycles. The molecule has 152 valence electrons. The molecule has 5 nitrogen and oxygen atoms in total. The van der Waals surface area contributed by atoms with Crippen LogP contribution in [0.15, 0.2) is 42.5 Å². The van der Waals surface area contributed by atoms with Crippen molar-refractivity contribution < 1.29 is 14.3 Å². The van der Waals surface area contributed by atoms with Crippen LogP contribution in [0.1, 0.15) is 40.0 Å². The van der Waals surface area contributed by atoms with Crippen LogP contribution in [0.4, 0.5) is 0 Å². The fourth-order valence-electron chi connectivity index (χ4n) is 3.54. The van der Waals surface area contributed by atoms with Crippen LogP contribution in [0, 0.1) is 0 Å². The Labute approximate surface area is 180 Å². The van der Waals surface area contributed by atoms with E-state index in [-0.39, 0.29) is 22.9 Å². The van der Waals surface area contributed by atoms with Gasteiger partial charge in [0.25, 0.3) is 11.8 Å². The van der Waals surface area contributed by atoms with Gasteiger partial charge in [-0.05, 0) is 43.5 Å². The Balaban J connectivity index is 1.41. The number of carbonyl (C=O) groups excluding carboxylic acids is 2. The molecule has 0 atom stereocenters. The first-order chi connectivity index (χ1) is 14.0. The number of nitrogens with zero attached hydrogens (tertiary/aromatic N) is 2. The molecule has 2 fully saturated rings. The maximum absolute atomic E-state index is 13.1. The Morgan fingerprint density at radius 1 is 0.828 bits per heavy atom. The molecule has 1 saturated carbocycles. The van der Waals surface area contributed by atoms with E-state index in [2.05, 4.69) is 0 Å². The fraction of sp³-hybridized carbons (Fsp3) is 0.364. The predicted molar refractivity (Wildman–Crippen MR) is 113 cm³/mol. The molecule has 7 heteroatoms. The summed E-state index contributed by atoms with van der Waals surface area (Å²) >= 11 is 12.2. The Kier molecular flexibility index (Phi) is 5.97. The molecule has 2 aliphatic rings. The third kappa shape index (κ3) is 4.21. The molecule has 1 heterocycles. The van der Waals surface area contributed by atoms with Crippen molar-refractivity contribution in [1.29, 1.82) is 0 Å². The van der Waals surface area contributed by atoms with E-state index in [0.29, 0.717) is 48.1 Å². The minimum absolute atomic E-state index is 0.0622. The average Bonchev–Trinajstić information content (AvgIpc) is 2.72. The number of para-hydroxylation sites is 1. The van der Waals surface area contributed by atoms with Gasteiger partial charge in [-0.2, -0.15) is 0 Å². The van der Waals surface area contributed by atoms with E-state index in [1.807, 2.05) is 18.2 Å². The van der Waals surface area contributed by atoms with E-state index >= 15 is 0 Å². The fourth-order valence-corrected chi connectivity index (χ4v) is 3.92. The van der Waals surface area contributed by atoms with Crippen molar-refractivity contribution in [3.05, 3.63) is 63.6 Å². The molecular formula is C22H22Cl2N2O3. The number of rotatable bonds is 4. The molecule has 0 spiro atoms. The van der Waals surface area contributed by atoms with Gasteiger partial charge < -0.3 is 14.5 Å². The molecule has 2 aromatic rings. The van der Waals surface area contributed by atoms with Crippen LogP contribution in [0.3, 0.4) is 0 Å². The third-order valence-electron chi connectivity index (χ3n) is 5.50. The van der Waals surface area contributed by atoms with Crippen molar-refractivity contribution in [2.45, 2.75) is 25.4 Å². The summed E-state index contributed by atoms with van der Waals surface area (Å²) in [7, 11) is 0. The molecule has 0 N–H and O–H groups in total. The lowest BCUT2D eigenvalue weighted by molar-refractivity contribution is 0.0528. The van der Waals surface area contributed by atoms with E-state index in [0.717, 1.165) is 12.8 Å². The molecule has 1 aliphatic heterocycles. The molecule has 2 amide bonds. The van der Waals surface area contributed by atoms with Crippen LogP contribution in [-0.4, -0.2) is 53.9 Å². The van der Waals surface area contributed by atoms with E-state index < -0.39 is 0 Å². The summed E-state index contributed by atoms with van der Waals surface area (Å²) in [5.41, 5.74) is 0.968. The smallest absolute Gasteiger partial charge is 0.257 e. The second-order valence-electron chi connectivity index (χ2n) is 7.35. The van der Waals surface area contributed by atoms with Gasteiger partial charge in [-0.15, -0.1) is 0 Å². The van der Waals surface area contributed by atoms with E-state index in [9.17, 15) is 9.59 Å². The van der Waals surface area contributed by atoms with Crippen LogP contribution >= 0.6 is 23.2 Å². The number of carbonyl (C=O) groups is 2. The maximum Gasteiger partial charge on any atom is 0.257 e. The van der Waals surface area contributed by atoms with E-state index in [1.54, 1.807) is 34.1 Å². The van der Waals surface area contributed by atoms with Crippen molar-refractivity contribution in [1.82, 2.24) is 9.80 Å². The predicted octanol–water partition coefficient (Wildman–Crippen LogP) is 4.52. The zero-order chi connectivity index (χ0) is 20.4. The Morgan fingerprint density at radius 3 is 2.03 bits per heavy atom. The van der Waals surface area contributed by atoms with Gasteiger partial charge in [-0.25, -0.2) is 0 Å². The molecule has 1 saturated heterocycles. The Bertz CT molecular complexity index is 922. The molecule has 29 heavy (non-hydrogen) atoms. The summed E-state index contributed by atoms with van der Waals surface area (Å²) in [6, 6.07) is 12.4. The number of hydrogen-bond acceptors (Lipinski definition) is 3. The van der Waals surface area contributed by atoms with Crippen molar-refractivity contribution >= 4 is 35.0 Å². The highest BCUT2D eigenvalue weighted by Crippen LogP contribution is 2.29. The quantitative estimate of drug-likeness (QED) is 0.713. The average molecular weight is 433 g/mol. The van der Waals surface area contributed by atoms with Gasteiger partial charge in [0, 0.05) is 26.2 Å². The van der Waals surface area contributed by atoms with Gasteiger partial charge in [0.05, 0.1) is 27.3 Å². The topological polar surface area (TPSA) is 49.9 Å². The van der Waals surface area contributed by atoms with Gasteiger partial charge in [0.15, 0.2) is 0 Å². The number of hydrogen-bond donors (Lipinski definition) is 0. The number of ether oxygens (including phenoxy) is 1. The van der Waals surface area contributed by atoms with Crippen LogP contribution < -0.4 is 4.74 Å². The molecule has 1 aliphatic carbocycles. The summed E-state index contributed by atoms with van der Waals surface area (Å²) < 4.78 is 6.00.